The number of hydrogen-bond acceptors (Lipinski definition) is 7. The average molecular weight is 460 g/mol. The quantitative estimate of drug-likeness (QED) is 0.661. The largest absolute Gasteiger partial charge is 0.444 e. The van der Waals surface area contributed by atoms with Crippen LogP contribution >= 0.6 is 0 Å². The number of carbonyl (C=O) groups is 5. The molecule has 33 heavy (non-hydrogen) atoms. The highest BCUT2D eigenvalue weighted by Gasteiger charge is 2.45. The summed E-state index contributed by atoms with van der Waals surface area (Å²) in [4.78, 5) is 65.7. The lowest BCUT2D eigenvalue weighted by molar-refractivity contribution is -0.136. The molecule has 3 aliphatic heterocycles. The lowest BCUT2D eigenvalue weighted by atomic mass is 10.0. The van der Waals surface area contributed by atoms with Crippen molar-refractivity contribution in [3.8, 4) is 0 Å². The number of piperazine rings is 1. The Morgan fingerprint density at radius 1 is 1.03 bits per heavy atom. The summed E-state index contributed by atoms with van der Waals surface area (Å²) in [6.07, 6.45) is -0.416. The Bertz CT molecular complexity index is 1060. The summed E-state index contributed by atoms with van der Waals surface area (Å²) in [7, 11) is 0. The molecular formula is C22H25FN4O6. The first-order valence-corrected chi connectivity index (χ1v) is 10.7. The number of rotatable bonds is 2. The number of nitrogens with zero attached hydrogens (tertiary/aromatic N) is 3. The Hall–Kier alpha value is -3.50. The second-order valence-electron chi connectivity index (χ2n) is 9.25. The van der Waals surface area contributed by atoms with Crippen LogP contribution in [0, 0.1) is 5.82 Å². The predicted octanol–water partition coefficient (Wildman–Crippen LogP) is 1.28. The van der Waals surface area contributed by atoms with Crippen LogP contribution in [-0.2, 0) is 14.3 Å². The van der Waals surface area contributed by atoms with Crippen molar-refractivity contribution < 1.29 is 33.1 Å². The van der Waals surface area contributed by atoms with Crippen molar-refractivity contribution in [2.24, 2.45) is 0 Å². The van der Waals surface area contributed by atoms with Crippen LogP contribution in [0.15, 0.2) is 12.1 Å². The molecule has 0 saturated carbocycles. The van der Waals surface area contributed by atoms with Gasteiger partial charge in [-0.25, -0.2) is 9.18 Å². The lowest BCUT2D eigenvalue weighted by Crippen LogP contribution is -2.54. The van der Waals surface area contributed by atoms with Gasteiger partial charge in [0.25, 0.3) is 11.8 Å². The van der Waals surface area contributed by atoms with Gasteiger partial charge in [0.2, 0.25) is 11.8 Å². The zero-order valence-corrected chi connectivity index (χ0v) is 18.6. The molecule has 2 fully saturated rings. The van der Waals surface area contributed by atoms with E-state index in [0.29, 0.717) is 26.2 Å². The molecule has 1 N–H and O–H groups in total. The van der Waals surface area contributed by atoms with Crippen LogP contribution in [0.5, 0.6) is 0 Å². The Morgan fingerprint density at radius 3 is 2.21 bits per heavy atom. The van der Waals surface area contributed by atoms with Gasteiger partial charge in [0, 0.05) is 32.6 Å². The number of imide groups is 2. The maximum absolute atomic E-state index is 15.0. The fourth-order valence-corrected chi connectivity index (χ4v) is 4.18. The monoisotopic (exact) mass is 460 g/mol. The van der Waals surface area contributed by atoms with Gasteiger partial charge >= 0.3 is 6.09 Å². The molecule has 0 aromatic heterocycles. The summed E-state index contributed by atoms with van der Waals surface area (Å²) in [5, 5.41) is 2.13. The molecule has 0 spiro atoms. The van der Waals surface area contributed by atoms with Crippen LogP contribution in [-0.4, -0.2) is 77.3 Å². The van der Waals surface area contributed by atoms with E-state index in [2.05, 4.69) is 5.32 Å². The predicted molar refractivity (Wildman–Crippen MR) is 113 cm³/mol. The van der Waals surface area contributed by atoms with Gasteiger partial charge in [-0.3, -0.25) is 29.4 Å². The second-order valence-corrected chi connectivity index (χ2v) is 9.25. The van der Waals surface area contributed by atoms with Gasteiger partial charge in [0.15, 0.2) is 0 Å². The topological polar surface area (TPSA) is 116 Å². The number of nitrogens with one attached hydrogen (secondary N) is 1. The van der Waals surface area contributed by atoms with Crippen molar-refractivity contribution in [3.63, 3.8) is 0 Å². The van der Waals surface area contributed by atoms with E-state index in [-0.39, 0.29) is 29.7 Å². The lowest BCUT2D eigenvalue weighted by Gasteiger charge is -2.37. The summed E-state index contributed by atoms with van der Waals surface area (Å²) in [6.45, 7) is 6.57. The molecule has 4 rings (SSSR count). The molecule has 1 atom stereocenters. The van der Waals surface area contributed by atoms with Crippen molar-refractivity contribution in [3.05, 3.63) is 29.1 Å². The van der Waals surface area contributed by atoms with Gasteiger partial charge in [-0.2, -0.15) is 0 Å². The van der Waals surface area contributed by atoms with Crippen molar-refractivity contribution in [1.29, 1.82) is 0 Å². The zero-order valence-electron chi connectivity index (χ0n) is 18.6. The highest BCUT2D eigenvalue weighted by atomic mass is 19.1. The molecule has 1 aromatic rings. The number of ether oxygens (including phenoxy) is 1. The van der Waals surface area contributed by atoms with E-state index in [0.717, 1.165) is 11.0 Å². The number of carbonyl (C=O) groups excluding carboxylic acids is 5. The van der Waals surface area contributed by atoms with Crippen LogP contribution in [0.1, 0.15) is 54.3 Å². The third-order valence-electron chi connectivity index (χ3n) is 5.78. The Balaban J connectivity index is 1.51. The minimum absolute atomic E-state index is 0.00531. The molecule has 3 aliphatic rings. The molecule has 2 saturated heterocycles. The summed E-state index contributed by atoms with van der Waals surface area (Å²) >= 11 is 0. The standard InChI is InChI=1S/C22H25FN4O6/c1-22(2,3)33-21(32)26-8-6-25(7-9-26)16-11-13-12(10-14(16)23)19(30)27(20(13)31)15-4-5-17(28)24-18(15)29/h10-11,15H,4-9H2,1-3H3,(H,24,28,29)/t15-/m1/s1. The molecule has 0 unspecified atom stereocenters. The highest BCUT2D eigenvalue weighted by molar-refractivity contribution is 6.23. The molecule has 3 heterocycles. The van der Waals surface area contributed by atoms with Gasteiger partial charge in [-0.05, 0) is 39.3 Å². The smallest absolute Gasteiger partial charge is 0.410 e. The van der Waals surface area contributed by atoms with E-state index < -0.39 is 47.2 Å². The molecule has 1 aromatic carbocycles. The Kier molecular flexibility index (Phi) is 5.59. The van der Waals surface area contributed by atoms with Crippen LogP contribution in [0.3, 0.4) is 0 Å². The molecule has 5 amide bonds. The average Bonchev–Trinajstić information content (AvgIpc) is 2.96. The minimum atomic E-state index is -1.11. The van der Waals surface area contributed by atoms with E-state index in [1.165, 1.54) is 11.0 Å². The van der Waals surface area contributed by atoms with E-state index in [9.17, 15) is 28.4 Å². The third kappa shape index (κ3) is 4.27. The first-order chi connectivity index (χ1) is 15.5. The number of hydrogen-bond donors (Lipinski definition) is 1. The van der Waals surface area contributed by atoms with E-state index >= 15 is 0 Å². The maximum atomic E-state index is 15.0. The van der Waals surface area contributed by atoms with E-state index in [4.69, 9.17) is 4.74 Å². The summed E-state index contributed by atoms with van der Waals surface area (Å²) in [6, 6.07) is 1.22. The molecule has 11 heteroatoms. The van der Waals surface area contributed by atoms with E-state index in [1.807, 2.05) is 0 Å². The number of fused-ring (bicyclic) bond motifs is 1. The number of benzene rings is 1. The second kappa shape index (κ2) is 8.13. The van der Waals surface area contributed by atoms with Crippen molar-refractivity contribution in [2.45, 2.75) is 45.3 Å². The summed E-state index contributed by atoms with van der Waals surface area (Å²) in [5.74, 6) is -3.32. The molecule has 0 aliphatic carbocycles. The van der Waals surface area contributed by atoms with Crippen molar-refractivity contribution >= 4 is 35.4 Å². The fraction of sp³-hybridized carbons (Fsp3) is 0.500. The maximum Gasteiger partial charge on any atom is 0.410 e. The SMILES string of the molecule is CC(C)(C)OC(=O)N1CCN(c2cc3c(cc2F)C(=O)N([C@@H]2CCC(=O)NC2=O)C3=O)CC1. The molecule has 0 radical (unpaired) electrons. The van der Waals surface area contributed by atoms with Gasteiger partial charge in [0.05, 0.1) is 16.8 Å². The van der Waals surface area contributed by atoms with Crippen LogP contribution < -0.4 is 10.2 Å². The van der Waals surface area contributed by atoms with Gasteiger partial charge in [-0.1, -0.05) is 0 Å². The first kappa shape index (κ1) is 22.7. The van der Waals surface area contributed by atoms with Gasteiger partial charge in [0.1, 0.15) is 17.5 Å². The van der Waals surface area contributed by atoms with Crippen LogP contribution in [0.25, 0.3) is 0 Å². The molecular weight excluding hydrogens is 435 g/mol. The fourth-order valence-electron chi connectivity index (χ4n) is 4.18. The Labute approximate surface area is 189 Å². The number of anilines is 1. The zero-order chi connectivity index (χ0) is 24.1. The summed E-state index contributed by atoms with van der Waals surface area (Å²) < 4.78 is 20.3. The van der Waals surface area contributed by atoms with Crippen molar-refractivity contribution in [2.75, 3.05) is 31.1 Å². The number of amides is 5. The first-order valence-electron chi connectivity index (χ1n) is 10.7. The highest BCUT2D eigenvalue weighted by Crippen LogP contribution is 2.33. The summed E-state index contributed by atoms with van der Waals surface area (Å²) in [5.41, 5.74) is -0.584. The molecule has 10 nitrogen and oxygen atoms in total. The Morgan fingerprint density at radius 2 is 1.64 bits per heavy atom. The minimum Gasteiger partial charge on any atom is -0.444 e. The number of halogens is 1. The van der Waals surface area contributed by atoms with Crippen LogP contribution in [0.2, 0.25) is 0 Å². The van der Waals surface area contributed by atoms with Gasteiger partial charge in [-0.15, -0.1) is 0 Å². The number of piperidine rings is 1. The molecule has 176 valence electrons. The van der Waals surface area contributed by atoms with E-state index in [1.54, 1.807) is 25.7 Å². The van der Waals surface area contributed by atoms with Crippen LogP contribution in [0.4, 0.5) is 14.9 Å². The molecule has 0 bridgehead atoms. The van der Waals surface area contributed by atoms with Gasteiger partial charge < -0.3 is 14.5 Å². The van der Waals surface area contributed by atoms with Crippen molar-refractivity contribution in [1.82, 2.24) is 15.1 Å². The third-order valence-corrected chi connectivity index (χ3v) is 5.78. The normalized spacial score (nSPS) is 21.3.